The molecule has 1 saturated heterocycles. The van der Waals surface area contributed by atoms with Gasteiger partial charge in [0.2, 0.25) is 10.0 Å². The van der Waals surface area contributed by atoms with Crippen LogP contribution in [0.3, 0.4) is 0 Å². The first-order chi connectivity index (χ1) is 14.5. The molecule has 1 aliphatic heterocycles. The van der Waals surface area contributed by atoms with Crippen molar-refractivity contribution in [2.24, 2.45) is 4.99 Å². The second kappa shape index (κ2) is 15.4. The van der Waals surface area contributed by atoms with Crippen molar-refractivity contribution in [1.82, 2.24) is 15.4 Å². The predicted octanol–water partition coefficient (Wildman–Crippen LogP) is 2.41. The normalized spacial score (nSPS) is 16.8. The molecule has 0 aromatic heterocycles. The highest BCUT2D eigenvalue weighted by Crippen LogP contribution is 2.18. The molecular formula is C21H35IN4O4S. The van der Waals surface area contributed by atoms with E-state index in [1.165, 1.54) is 0 Å². The first kappa shape index (κ1) is 27.7. The number of nitrogens with one attached hydrogen (secondary N) is 3. The molecule has 1 fully saturated rings. The lowest BCUT2D eigenvalue weighted by Gasteiger charge is -2.22. The van der Waals surface area contributed by atoms with E-state index in [0.29, 0.717) is 38.8 Å². The zero-order valence-corrected chi connectivity index (χ0v) is 21.3. The van der Waals surface area contributed by atoms with Crippen LogP contribution in [-0.4, -0.2) is 59.1 Å². The monoisotopic (exact) mass is 566 g/mol. The zero-order valence-electron chi connectivity index (χ0n) is 18.1. The second-order valence-electron chi connectivity index (χ2n) is 6.99. The van der Waals surface area contributed by atoms with Crippen molar-refractivity contribution in [2.75, 3.05) is 38.6 Å². The van der Waals surface area contributed by atoms with Crippen molar-refractivity contribution >= 4 is 40.0 Å². The van der Waals surface area contributed by atoms with Gasteiger partial charge in [0.25, 0.3) is 0 Å². The van der Waals surface area contributed by atoms with Gasteiger partial charge in [0.15, 0.2) is 5.96 Å². The lowest BCUT2D eigenvalue weighted by atomic mass is 10.1. The predicted molar refractivity (Wildman–Crippen MR) is 136 cm³/mol. The van der Waals surface area contributed by atoms with Crippen molar-refractivity contribution in [1.29, 1.82) is 0 Å². The number of hydrogen-bond donors (Lipinski definition) is 3. The van der Waals surface area contributed by atoms with Crippen molar-refractivity contribution in [3.05, 3.63) is 42.5 Å². The van der Waals surface area contributed by atoms with Crippen LogP contribution in [-0.2, 0) is 21.3 Å². The van der Waals surface area contributed by atoms with E-state index in [-0.39, 0.29) is 42.4 Å². The van der Waals surface area contributed by atoms with Crippen LogP contribution < -0.4 is 20.1 Å². The van der Waals surface area contributed by atoms with Gasteiger partial charge in [-0.25, -0.2) is 18.1 Å². The maximum Gasteiger partial charge on any atom is 0.213 e. The van der Waals surface area contributed by atoms with Gasteiger partial charge in [-0.2, -0.15) is 0 Å². The van der Waals surface area contributed by atoms with Crippen molar-refractivity contribution in [2.45, 2.75) is 38.8 Å². The number of para-hydroxylation sites is 1. The molecule has 8 nitrogen and oxygen atoms in total. The molecule has 0 bridgehead atoms. The Hall–Kier alpha value is -1.37. The van der Waals surface area contributed by atoms with Crippen LogP contribution in [0, 0.1) is 0 Å². The van der Waals surface area contributed by atoms with E-state index < -0.39 is 10.0 Å². The summed E-state index contributed by atoms with van der Waals surface area (Å²) in [6, 6.07) is 7.68. The third-order valence-electron chi connectivity index (χ3n) is 4.55. The van der Waals surface area contributed by atoms with Gasteiger partial charge in [0.1, 0.15) is 12.4 Å². The Balaban J connectivity index is 0.00000480. The molecule has 1 aliphatic rings. The van der Waals surface area contributed by atoms with Crippen molar-refractivity contribution in [3.8, 4) is 5.75 Å². The van der Waals surface area contributed by atoms with E-state index in [9.17, 15) is 8.42 Å². The Morgan fingerprint density at radius 2 is 2.13 bits per heavy atom. The van der Waals surface area contributed by atoms with Gasteiger partial charge in [-0.15, -0.1) is 24.0 Å². The molecule has 2 rings (SSSR count). The maximum atomic E-state index is 12.2. The Bertz CT molecular complexity index is 783. The number of aliphatic imine (C=N–C) groups is 1. The number of rotatable bonds is 12. The van der Waals surface area contributed by atoms with Gasteiger partial charge >= 0.3 is 0 Å². The van der Waals surface area contributed by atoms with Crippen LogP contribution in [0.25, 0.3) is 0 Å². The summed E-state index contributed by atoms with van der Waals surface area (Å²) < 4.78 is 38.4. The average Bonchev–Trinajstić information content (AvgIpc) is 2.76. The molecular weight excluding hydrogens is 531 g/mol. The molecule has 0 saturated carbocycles. The Morgan fingerprint density at radius 1 is 1.32 bits per heavy atom. The third-order valence-corrected chi connectivity index (χ3v) is 5.90. The number of ether oxygens (including phenoxy) is 2. The standard InChI is InChI=1S/C21H34N4O4S.HI/c1-3-13-29-20-11-6-5-9-18(20)16-24-21(22-4-2)23-12-15-30(26,27)25-17-19-10-7-8-14-28-19;/h3,5-6,9,11,19,25H,1,4,7-8,10,12-17H2,2H3,(H2,22,23,24);1H. The lowest BCUT2D eigenvalue weighted by Crippen LogP contribution is -2.42. The molecule has 1 unspecified atom stereocenters. The largest absolute Gasteiger partial charge is 0.489 e. The molecule has 0 amide bonds. The Labute approximate surface area is 203 Å². The summed E-state index contributed by atoms with van der Waals surface area (Å²) in [6.07, 6.45) is 4.70. The van der Waals surface area contributed by atoms with Crippen molar-refractivity contribution in [3.63, 3.8) is 0 Å². The zero-order chi connectivity index (χ0) is 21.7. The number of nitrogens with zero attached hydrogens (tertiary/aromatic N) is 1. The average molecular weight is 567 g/mol. The molecule has 31 heavy (non-hydrogen) atoms. The number of guanidine groups is 1. The number of sulfonamides is 1. The summed E-state index contributed by atoms with van der Waals surface area (Å²) in [5.41, 5.74) is 0.943. The summed E-state index contributed by atoms with van der Waals surface area (Å²) in [5, 5.41) is 6.21. The van der Waals surface area contributed by atoms with Crippen molar-refractivity contribution < 1.29 is 17.9 Å². The SMILES string of the molecule is C=CCOc1ccccc1CN=C(NCC)NCCS(=O)(=O)NCC1CCCCO1.I. The molecule has 10 heteroatoms. The lowest BCUT2D eigenvalue weighted by molar-refractivity contribution is 0.0200. The van der Waals surface area contributed by atoms with Gasteiger partial charge in [0.05, 0.1) is 18.4 Å². The fourth-order valence-corrected chi connectivity index (χ4v) is 3.95. The topological polar surface area (TPSA) is 101 Å². The molecule has 1 atom stereocenters. The molecule has 176 valence electrons. The van der Waals surface area contributed by atoms with Gasteiger partial charge in [0, 0.05) is 31.8 Å². The summed E-state index contributed by atoms with van der Waals surface area (Å²) in [6.45, 7) is 8.42. The van der Waals surface area contributed by atoms with E-state index in [0.717, 1.165) is 30.6 Å². The van der Waals surface area contributed by atoms with Gasteiger partial charge < -0.3 is 20.1 Å². The Kier molecular flexibility index (Phi) is 13.8. The van der Waals surface area contributed by atoms with E-state index in [1.807, 2.05) is 31.2 Å². The molecule has 1 heterocycles. The summed E-state index contributed by atoms with van der Waals surface area (Å²) in [7, 11) is -3.38. The van der Waals surface area contributed by atoms with Gasteiger partial charge in [-0.05, 0) is 32.3 Å². The number of halogens is 1. The van der Waals surface area contributed by atoms with Gasteiger partial charge in [-0.1, -0.05) is 30.9 Å². The maximum absolute atomic E-state index is 12.2. The minimum absolute atomic E-state index is 0. The van der Waals surface area contributed by atoms with Crippen LogP contribution in [0.15, 0.2) is 41.9 Å². The van der Waals surface area contributed by atoms with Crippen LogP contribution >= 0.6 is 24.0 Å². The van der Waals surface area contributed by atoms with Crippen LogP contribution in [0.2, 0.25) is 0 Å². The van der Waals surface area contributed by atoms with Crippen LogP contribution in [0.4, 0.5) is 0 Å². The first-order valence-electron chi connectivity index (χ1n) is 10.5. The summed E-state index contributed by atoms with van der Waals surface area (Å²) in [4.78, 5) is 4.54. The quantitative estimate of drug-likeness (QED) is 0.156. The molecule has 3 N–H and O–H groups in total. The second-order valence-corrected chi connectivity index (χ2v) is 8.91. The van der Waals surface area contributed by atoms with Crippen LogP contribution in [0.5, 0.6) is 5.75 Å². The fourth-order valence-electron chi connectivity index (χ4n) is 2.99. The van der Waals surface area contributed by atoms with E-state index in [1.54, 1.807) is 6.08 Å². The minimum atomic E-state index is -3.38. The van der Waals surface area contributed by atoms with Crippen LogP contribution in [0.1, 0.15) is 31.7 Å². The molecule has 0 spiro atoms. The number of hydrogen-bond acceptors (Lipinski definition) is 5. The first-order valence-corrected chi connectivity index (χ1v) is 12.1. The van der Waals surface area contributed by atoms with E-state index in [2.05, 4.69) is 26.9 Å². The molecule has 0 radical (unpaired) electrons. The third kappa shape index (κ3) is 11.2. The fraction of sp³-hybridized carbons (Fsp3) is 0.571. The summed E-state index contributed by atoms with van der Waals surface area (Å²) >= 11 is 0. The Morgan fingerprint density at radius 3 is 2.84 bits per heavy atom. The summed E-state index contributed by atoms with van der Waals surface area (Å²) in [5.74, 6) is 1.28. The van der Waals surface area contributed by atoms with Gasteiger partial charge in [-0.3, -0.25) is 0 Å². The molecule has 0 aliphatic carbocycles. The smallest absolute Gasteiger partial charge is 0.213 e. The highest BCUT2D eigenvalue weighted by molar-refractivity contribution is 14.0. The van der Waals surface area contributed by atoms with E-state index in [4.69, 9.17) is 9.47 Å². The number of benzene rings is 1. The highest BCUT2D eigenvalue weighted by Gasteiger charge is 2.17. The molecule has 1 aromatic carbocycles. The van der Waals surface area contributed by atoms with E-state index >= 15 is 0 Å². The molecule has 1 aromatic rings. The minimum Gasteiger partial charge on any atom is -0.489 e. The highest BCUT2D eigenvalue weighted by atomic mass is 127.